The second-order valence-corrected chi connectivity index (χ2v) is 6.21. The van der Waals surface area contributed by atoms with Crippen LogP contribution in [0.4, 0.5) is 0 Å². The molecule has 0 bridgehead atoms. The number of H-pyrrole nitrogens is 1. The van der Waals surface area contributed by atoms with Crippen LogP contribution in [-0.4, -0.2) is 52.5 Å². The summed E-state index contributed by atoms with van der Waals surface area (Å²) in [6.45, 7) is 2.83. The Morgan fingerprint density at radius 3 is 2.71 bits per heavy atom. The van der Waals surface area contributed by atoms with Crippen LogP contribution in [0.1, 0.15) is 29.9 Å². The van der Waals surface area contributed by atoms with Crippen LogP contribution in [0.25, 0.3) is 0 Å². The minimum Gasteiger partial charge on any atom is -0.491 e. The van der Waals surface area contributed by atoms with Gasteiger partial charge in [-0.3, -0.25) is 5.10 Å². The summed E-state index contributed by atoms with van der Waals surface area (Å²) < 4.78 is 5.59. The number of hydrogen-bond donors (Lipinski definition) is 2. The molecule has 24 heavy (non-hydrogen) atoms. The number of hydrogen-bond acceptors (Lipinski definition) is 5. The molecule has 1 aliphatic heterocycles. The molecular formula is C18H22N4O2. The van der Waals surface area contributed by atoms with Crippen LogP contribution < -0.4 is 4.74 Å². The molecule has 0 radical (unpaired) electrons. The zero-order valence-electron chi connectivity index (χ0n) is 13.6. The molecule has 1 fully saturated rings. The summed E-state index contributed by atoms with van der Waals surface area (Å²) in [6.07, 6.45) is 5.53. The summed E-state index contributed by atoms with van der Waals surface area (Å²) in [5.74, 6) is 1.23. The Hall–Kier alpha value is -2.36. The summed E-state index contributed by atoms with van der Waals surface area (Å²) >= 11 is 0. The number of aliphatic hydroxyl groups is 1. The van der Waals surface area contributed by atoms with E-state index in [0.29, 0.717) is 23.8 Å². The standard InChI is InChI=1S/C18H22N4O2/c19-9-14-1-3-18(4-2-14)24-13-17(23)12-22-7-5-15(6-8-22)16-10-20-21-11-16/h1-4,10-11,15,17,23H,5-8,12-13H2,(H,20,21)/t17-/m1/s1. The SMILES string of the molecule is N#Cc1ccc(OC[C@H](O)CN2CCC(c3cn[nH]c3)CC2)cc1. The van der Waals surface area contributed by atoms with Crippen molar-refractivity contribution >= 4 is 0 Å². The molecular weight excluding hydrogens is 304 g/mol. The van der Waals surface area contributed by atoms with Crippen LogP contribution in [0.3, 0.4) is 0 Å². The number of nitrogens with one attached hydrogen (secondary N) is 1. The number of rotatable bonds is 6. The summed E-state index contributed by atoms with van der Waals surface area (Å²) in [5.41, 5.74) is 1.88. The van der Waals surface area contributed by atoms with Gasteiger partial charge in [-0.15, -0.1) is 0 Å². The van der Waals surface area contributed by atoms with Crippen LogP contribution in [-0.2, 0) is 0 Å². The van der Waals surface area contributed by atoms with Gasteiger partial charge in [-0.2, -0.15) is 10.4 Å². The fourth-order valence-corrected chi connectivity index (χ4v) is 3.10. The molecule has 2 N–H and O–H groups in total. The summed E-state index contributed by atoms with van der Waals surface area (Å²) in [6, 6.07) is 8.99. The molecule has 0 amide bonds. The minimum absolute atomic E-state index is 0.257. The van der Waals surface area contributed by atoms with Crippen molar-refractivity contribution in [3.8, 4) is 11.8 Å². The third-order valence-electron chi connectivity index (χ3n) is 4.47. The topological polar surface area (TPSA) is 85.2 Å². The van der Waals surface area contributed by atoms with Crippen LogP contribution in [0.15, 0.2) is 36.7 Å². The molecule has 3 rings (SSSR count). The van der Waals surface area contributed by atoms with E-state index in [2.05, 4.69) is 21.2 Å². The number of aromatic amines is 1. The average molecular weight is 326 g/mol. The second kappa shape index (κ2) is 7.95. The van der Waals surface area contributed by atoms with Gasteiger partial charge in [-0.1, -0.05) is 0 Å². The number of aromatic nitrogens is 2. The molecule has 0 spiro atoms. The third kappa shape index (κ3) is 4.34. The molecule has 1 atom stereocenters. The smallest absolute Gasteiger partial charge is 0.119 e. The van der Waals surface area contributed by atoms with Crippen molar-refractivity contribution in [3.63, 3.8) is 0 Å². The maximum atomic E-state index is 10.2. The van der Waals surface area contributed by atoms with Crippen LogP contribution >= 0.6 is 0 Å². The highest BCUT2D eigenvalue weighted by Crippen LogP contribution is 2.27. The van der Waals surface area contributed by atoms with Crippen molar-refractivity contribution in [1.82, 2.24) is 15.1 Å². The Balaban J connectivity index is 1.39. The van der Waals surface area contributed by atoms with E-state index in [4.69, 9.17) is 10.00 Å². The molecule has 126 valence electrons. The summed E-state index contributed by atoms with van der Waals surface area (Å²) in [5, 5.41) is 25.8. The van der Waals surface area contributed by atoms with E-state index in [1.54, 1.807) is 24.3 Å². The maximum Gasteiger partial charge on any atom is 0.119 e. The quantitative estimate of drug-likeness (QED) is 0.847. The largest absolute Gasteiger partial charge is 0.491 e. The molecule has 2 aromatic rings. The predicted octanol–water partition coefficient (Wildman–Crippen LogP) is 1.90. The molecule has 1 saturated heterocycles. The van der Waals surface area contributed by atoms with Gasteiger partial charge in [0.25, 0.3) is 0 Å². The Bertz CT molecular complexity index is 655. The number of nitrogens with zero attached hydrogens (tertiary/aromatic N) is 3. The van der Waals surface area contributed by atoms with Gasteiger partial charge in [0.05, 0.1) is 17.8 Å². The van der Waals surface area contributed by atoms with E-state index in [1.165, 1.54) is 5.56 Å². The summed E-state index contributed by atoms with van der Waals surface area (Å²) in [7, 11) is 0. The lowest BCUT2D eigenvalue weighted by molar-refractivity contribution is 0.0594. The molecule has 0 aliphatic carbocycles. The number of β-amino-alcohol motifs (C(OH)–C–C–N with tert-alkyl or cyclic N) is 1. The van der Waals surface area contributed by atoms with Crippen molar-refractivity contribution in [2.45, 2.75) is 24.9 Å². The van der Waals surface area contributed by atoms with Crippen LogP contribution in [0, 0.1) is 11.3 Å². The number of benzene rings is 1. The minimum atomic E-state index is -0.522. The van der Waals surface area contributed by atoms with Crippen molar-refractivity contribution in [2.24, 2.45) is 0 Å². The van der Waals surface area contributed by atoms with Crippen LogP contribution in [0.2, 0.25) is 0 Å². The lowest BCUT2D eigenvalue weighted by Crippen LogP contribution is -2.40. The molecule has 0 unspecified atom stereocenters. The fourth-order valence-electron chi connectivity index (χ4n) is 3.10. The molecule has 6 nitrogen and oxygen atoms in total. The van der Waals surface area contributed by atoms with Crippen molar-refractivity contribution in [3.05, 3.63) is 47.8 Å². The van der Waals surface area contributed by atoms with Gasteiger partial charge in [-0.25, -0.2) is 0 Å². The Kier molecular flexibility index (Phi) is 5.47. The van der Waals surface area contributed by atoms with Crippen molar-refractivity contribution < 1.29 is 9.84 Å². The molecule has 1 aromatic carbocycles. The van der Waals surface area contributed by atoms with E-state index in [9.17, 15) is 5.11 Å². The van der Waals surface area contributed by atoms with Gasteiger partial charge in [0.15, 0.2) is 0 Å². The Morgan fingerprint density at radius 1 is 1.33 bits per heavy atom. The van der Waals surface area contributed by atoms with Gasteiger partial charge in [0.2, 0.25) is 0 Å². The van der Waals surface area contributed by atoms with Gasteiger partial charge in [0.1, 0.15) is 18.5 Å². The highest BCUT2D eigenvalue weighted by atomic mass is 16.5. The monoisotopic (exact) mass is 326 g/mol. The van der Waals surface area contributed by atoms with Gasteiger partial charge in [0, 0.05) is 12.7 Å². The molecule has 0 saturated carbocycles. The van der Waals surface area contributed by atoms with Crippen molar-refractivity contribution in [2.75, 3.05) is 26.2 Å². The van der Waals surface area contributed by atoms with Crippen LogP contribution in [0.5, 0.6) is 5.75 Å². The molecule has 1 aliphatic rings. The van der Waals surface area contributed by atoms with E-state index in [1.807, 2.05) is 12.4 Å². The maximum absolute atomic E-state index is 10.2. The second-order valence-electron chi connectivity index (χ2n) is 6.21. The first-order valence-electron chi connectivity index (χ1n) is 8.26. The Morgan fingerprint density at radius 2 is 2.08 bits per heavy atom. The van der Waals surface area contributed by atoms with Gasteiger partial charge in [-0.05, 0) is 61.7 Å². The highest BCUT2D eigenvalue weighted by molar-refractivity contribution is 5.34. The predicted molar refractivity (Wildman–Crippen MR) is 89.7 cm³/mol. The normalized spacial score (nSPS) is 17.3. The first kappa shape index (κ1) is 16.5. The van der Waals surface area contributed by atoms with E-state index >= 15 is 0 Å². The lowest BCUT2D eigenvalue weighted by atomic mass is 9.91. The van der Waals surface area contributed by atoms with E-state index in [0.717, 1.165) is 25.9 Å². The van der Waals surface area contributed by atoms with E-state index < -0.39 is 6.10 Å². The zero-order chi connectivity index (χ0) is 16.8. The number of ether oxygens (including phenoxy) is 1. The summed E-state index contributed by atoms with van der Waals surface area (Å²) in [4.78, 5) is 2.28. The number of nitriles is 1. The molecule has 1 aromatic heterocycles. The molecule has 2 heterocycles. The molecule has 6 heteroatoms. The first-order valence-corrected chi connectivity index (χ1v) is 8.26. The lowest BCUT2D eigenvalue weighted by Gasteiger charge is -2.32. The van der Waals surface area contributed by atoms with Gasteiger partial charge >= 0.3 is 0 Å². The average Bonchev–Trinajstić information content (AvgIpc) is 3.16. The fraction of sp³-hybridized carbons (Fsp3) is 0.444. The Labute approximate surface area is 141 Å². The number of aliphatic hydroxyl groups excluding tert-OH is 1. The number of likely N-dealkylation sites (tertiary alicyclic amines) is 1. The highest BCUT2D eigenvalue weighted by Gasteiger charge is 2.22. The van der Waals surface area contributed by atoms with E-state index in [-0.39, 0.29) is 6.61 Å². The third-order valence-corrected chi connectivity index (χ3v) is 4.47. The first-order chi connectivity index (χ1) is 11.7. The van der Waals surface area contributed by atoms with Crippen molar-refractivity contribution in [1.29, 1.82) is 5.26 Å². The van der Waals surface area contributed by atoms with Gasteiger partial charge < -0.3 is 14.7 Å². The zero-order valence-corrected chi connectivity index (χ0v) is 13.6. The number of piperidine rings is 1.